The molecule has 0 aliphatic carbocycles. The molecule has 136 valence electrons. The van der Waals surface area contributed by atoms with Gasteiger partial charge in [0.2, 0.25) is 0 Å². The van der Waals surface area contributed by atoms with Gasteiger partial charge in [-0.05, 0) is 52.3 Å². The van der Waals surface area contributed by atoms with Gasteiger partial charge in [0.05, 0.1) is 22.8 Å². The molecule has 0 saturated heterocycles. The fourth-order valence-electron chi connectivity index (χ4n) is 2.67. The Morgan fingerprint density at radius 1 is 1.28 bits per heavy atom. The van der Waals surface area contributed by atoms with Gasteiger partial charge < -0.3 is 10.1 Å². The molecule has 0 radical (unpaired) electrons. The second kappa shape index (κ2) is 7.35. The van der Waals surface area contributed by atoms with Crippen LogP contribution in [0.2, 0.25) is 0 Å². The fourth-order valence-corrected chi connectivity index (χ4v) is 2.67. The van der Waals surface area contributed by atoms with Gasteiger partial charge in [-0.25, -0.2) is 4.39 Å². The first-order valence-corrected chi connectivity index (χ1v) is 8.29. The number of hydrogen-bond acceptors (Lipinski definition) is 3. The summed E-state index contributed by atoms with van der Waals surface area (Å²) in [5.74, 6) is -0.509. The highest BCUT2D eigenvalue weighted by molar-refractivity contribution is 5.95. The van der Waals surface area contributed by atoms with Gasteiger partial charge in [0.15, 0.2) is 0 Å². The molecule has 2 aromatic rings. The van der Waals surface area contributed by atoms with Crippen molar-refractivity contribution in [3.8, 4) is 0 Å². The van der Waals surface area contributed by atoms with Gasteiger partial charge in [-0.15, -0.1) is 0 Å². The lowest BCUT2D eigenvalue weighted by molar-refractivity contribution is 0.0644. The molecule has 0 spiro atoms. The molecule has 0 aliphatic rings. The summed E-state index contributed by atoms with van der Waals surface area (Å²) in [6.07, 6.45) is 1.39. The molecule has 1 N–H and O–H groups in total. The molecule has 2 atom stereocenters. The molecule has 2 rings (SSSR count). The number of ether oxygens (including phenoxy) is 1. The van der Waals surface area contributed by atoms with E-state index in [9.17, 15) is 9.18 Å². The Morgan fingerprint density at radius 3 is 2.36 bits per heavy atom. The SMILES string of the molecule is CO[C@@H](c1ccc(F)cc1)[C@@H](C)NC(=O)c1cn(C(C)(C)C)nc1C. The van der Waals surface area contributed by atoms with Crippen LogP contribution in [0.1, 0.15) is 55.4 Å². The monoisotopic (exact) mass is 347 g/mol. The number of hydrogen-bond donors (Lipinski definition) is 1. The van der Waals surface area contributed by atoms with Crippen LogP contribution in [0.5, 0.6) is 0 Å². The van der Waals surface area contributed by atoms with E-state index >= 15 is 0 Å². The third-order valence-corrected chi connectivity index (χ3v) is 4.10. The zero-order valence-electron chi connectivity index (χ0n) is 15.6. The second-order valence-electron chi connectivity index (χ2n) is 7.21. The molecule has 6 heteroatoms. The van der Waals surface area contributed by atoms with Gasteiger partial charge in [0.1, 0.15) is 11.9 Å². The number of aromatic nitrogens is 2. The van der Waals surface area contributed by atoms with Crippen LogP contribution in [-0.2, 0) is 10.3 Å². The van der Waals surface area contributed by atoms with E-state index in [1.54, 1.807) is 30.1 Å². The largest absolute Gasteiger partial charge is 0.375 e. The number of halogens is 1. The van der Waals surface area contributed by atoms with E-state index < -0.39 is 0 Å². The Hall–Kier alpha value is -2.21. The number of rotatable bonds is 5. The molecule has 25 heavy (non-hydrogen) atoms. The Labute approximate surface area is 148 Å². The summed E-state index contributed by atoms with van der Waals surface area (Å²) >= 11 is 0. The average Bonchev–Trinajstić information content (AvgIpc) is 2.92. The number of nitrogens with one attached hydrogen (secondary N) is 1. The molecule has 1 amide bonds. The predicted octanol–water partition coefficient (Wildman–Crippen LogP) is 3.59. The summed E-state index contributed by atoms with van der Waals surface area (Å²) in [6.45, 7) is 9.76. The molecule has 0 unspecified atom stereocenters. The van der Waals surface area contributed by atoms with Crippen LogP contribution in [-0.4, -0.2) is 28.8 Å². The first-order valence-electron chi connectivity index (χ1n) is 8.29. The molecular weight excluding hydrogens is 321 g/mol. The summed E-state index contributed by atoms with van der Waals surface area (Å²) < 4.78 is 20.4. The smallest absolute Gasteiger partial charge is 0.255 e. The van der Waals surface area contributed by atoms with Crippen molar-refractivity contribution in [2.75, 3.05) is 7.11 Å². The first-order chi connectivity index (χ1) is 11.6. The van der Waals surface area contributed by atoms with Crippen molar-refractivity contribution < 1.29 is 13.9 Å². The minimum atomic E-state index is -0.373. The Morgan fingerprint density at radius 2 is 1.88 bits per heavy atom. The average molecular weight is 347 g/mol. The van der Waals surface area contributed by atoms with Crippen molar-refractivity contribution in [3.05, 3.63) is 53.1 Å². The normalized spacial score (nSPS) is 14.2. The molecule has 5 nitrogen and oxygen atoms in total. The van der Waals surface area contributed by atoms with Crippen LogP contribution in [0.4, 0.5) is 4.39 Å². The van der Waals surface area contributed by atoms with Crippen LogP contribution in [0, 0.1) is 12.7 Å². The van der Waals surface area contributed by atoms with Gasteiger partial charge >= 0.3 is 0 Å². The van der Waals surface area contributed by atoms with E-state index in [2.05, 4.69) is 10.4 Å². The maximum absolute atomic E-state index is 13.1. The van der Waals surface area contributed by atoms with E-state index in [0.29, 0.717) is 11.3 Å². The standard InChI is InChI=1S/C19H26FN3O2/c1-12-16(11-23(22-12)19(3,4)5)18(24)21-13(2)17(25-6)14-7-9-15(20)10-8-14/h7-11,13,17H,1-6H3,(H,21,24)/t13-,17-/m1/s1. The third-order valence-electron chi connectivity index (χ3n) is 4.10. The second-order valence-corrected chi connectivity index (χ2v) is 7.21. The maximum Gasteiger partial charge on any atom is 0.255 e. The summed E-state index contributed by atoms with van der Waals surface area (Å²) in [5, 5.41) is 7.38. The molecule has 0 bridgehead atoms. The van der Waals surface area contributed by atoms with Crippen molar-refractivity contribution >= 4 is 5.91 Å². The number of carbonyl (C=O) groups excluding carboxylic acids is 1. The number of nitrogens with zero attached hydrogens (tertiary/aromatic N) is 2. The Balaban J connectivity index is 2.16. The van der Waals surface area contributed by atoms with E-state index in [1.165, 1.54) is 12.1 Å². The Kier molecular flexibility index (Phi) is 5.62. The van der Waals surface area contributed by atoms with Crippen molar-refractivity contribution in [3.63, 3.8) is 0 Å². The highest BCUT2D eigenvalue weighted by Crippen LogP contribution is 2.22. The molecule has 0 aliphatic heterocycles. The third kappa shape index (κ3) is 4.45. The molecular formula is C19H26FN3O2. The molecule has 1 heterocycles. The van der Waals surface area contributed by atoms with Gasteiger partial charge in [-0.3, -0.25) is 9.48 Å². The number of methoxy groups -OCH3 is 1. The number of aryl methyl sites for hydroxylation is 1. The Bertz CT molecular complexity index is 732. The zero-order valence-corrected chi connectivity index (χ0v) is 15.6. The number of carbonyl (C=O) groups is 1. The van der Waals surface area contributed by atoms with E-state index in [0.717, 1.165) is 5.56 Å². The predicted molar refractivity (Wildman–Crippen MR) is 95.0 cm³/mol. The van der Waals surface area contributed by atoms with Crippen LogP contribution < -0.4 is 5.32 Å². The van der Waals surface area contributed by atoms with Gasteiger partial charge in [0.25, 0.3) is 5.91 Å². The highest BCUT2D eigenvalue weighted by Gasteiger charge is 2.24. The first kappa shape index (κ1) is 19.1. The summed E-state index contributed by atoms with van der Waals surface area (Å²) in [6, 6.07) is 5.80. The number of amides is 1. The summed E-state index contributed by atoms with van der Waals surface area (Å²) in [5.41, 5.74) is 1.82. The molecule has 0 saturated carbocycles. The van der Waals surface area contributed by atoms with Crippen molar-refractivity contribution in [1.82, 2.24) is 15.1 Å². The van der Waals surface area contributed by atoms with Crippen molar-refractivity contribution in [2.45, 2.75) is 52.3 Å². The molecule has 0 fully saturated rings. The van der Waals surface area contributed by atoms with E-state index in [-0.39, 0.29) is 29.4 Å². The van der Waals surface area contributed by atoms with Gasteiger partial charge in [-0.1, -0.05) is 12.1 Å². The highest BCUT2D eigenvalue weighted by atomic mass is 19.1. The molecule has 1 aromatic carbocycles. The van der Waals surface area contributed by atoms with Gasteiger partial charge in [-0.2, -0.15) is 5.10 Å². The molecule has 1 aromatic heterocycles. The topological polar surface area (TPSA) is 56.1 Å². The number of benzene rings is 1. The zero-order chi connectivity index (χ0) is 18.8. The lowest BCUT2D eigenvalue weighted by Gasteiger charge is -2.24. The van der Waals surface area contributed by atoms with Crippen molar-refractivity contribution in [2.24, 2.45) is 0 Å². The lowest BCUT2D eigenvalue weighted by atomic mass is 10.0. The van der Waals surface area contributed by atoms with Crippen LogP contribution in [0.15, 0.2) is 30.5 Å². The van der Waals surface area contributed by atoms with Crippen LogP contribution in [0.25, 0.3) is 0 Å². The summed E-state index contributed by atoms with van der Waals surface area (Å²) in [4.78, 5) is 12.6. The minimum Gasteiger partial charge on any atom is -0.375 e. The van der Waals surface area contributed by atoms with Crippen molar-refractivity contribution in [1.29, 1.82) is 0 Å². The lowest BCUT2D eigenvalue weighted by Crippen LogP contribution is -2.38. The van der Waals surface area contributed by atoms with Gasteiger partial charge in [0, 0.05) is 13.3 Å². The van der Waals surface area contributed by atoms with E-state index in [1.807, 2.05) is 34.6 Å². The van der Waals surface area contributed by atoms with Crippen LogP contribution in [0.3, 0.4) is 0 Å². The summed E-state index contributed by atoms with van der Waals surface area (Å²) in [7, 11) is 1.57. The van der Waals surface area contributed by atoms with E-state index in [4.69, 9.17) is 4.74 Å². The maximum atomic E-state index is 13.1. The fraction of sp³-hybridized carbons (Fsp3) is 0.474. The quantitative estimate of drug-likeness (QED) is 0.899. The minimum absolute atomic E-state index is 0.196. The van der Waals surface area contributed by atoms with Crippen LogP contribution >= 0.6 is 0 Å².